The zero-order valence-corrected chi connectivity index (χ0v) is 12.0. The van der Waals surface area contributed by atoms with Crippen LogP contribution in [0.3, 0.4) is 0 Å². The monoisotopic (exact) mass is 267 g/mol. The molecule has 0 aliphatic carbocycles. The van der Waals surface area contributed by atoms with Gasteiger partial charge in [-0.05, 0) is 32.3 Å². The van der Waals surface area contributed by atoms with Crippen LogP contribution in [0.1, 0.15) is 38.1 Å². The topological polar surface area (TPSA) is 62.3 Å². The Morgan fingerprint density at radius 1 is 1.53 bits per heavy atom. The van der Waals surface area contributed by atoms with E-state index < -0.39 is 0 Å². The minimum absolute atomic E-state index is 0.312. The van der Waals surface area contributed by atoms with Crippen molar-refractivity contribution >= 4 is 0 Å². The molecule has 5 nitrogen and oxygen atoms in total. The summed E-state index contributed by atoms with van der Waals surface area (Å²) in [6, 6.07) is 2.12. The molecule has 1 unspecified atom stereocenters. The summed E-state index contributed by atoms with van der Waals surface area (Å²) in [6.07, 6.45) is 2.94. The lowest BCUT2D eigenvalue weighted by atomic mass is 9.96. The Morgan fingerprint density at radius 2 is 2.37 bits per heavy atom. The summed E-state index contributed by atoms with van der Waals surface area (Å²) in [5.74, 6) is 0. The Kier molecular flexibility index (Phi) is 4.96. The van der Waals surface area contributed by atoms with Crippen molar-refractivity contribution in [1.82, 2.24) is 9.78 Å². The molecule has 1 atom stereocenters. The van der Waals surface area contributed by atoms with Crippen LogP contribution in [-0.2, 0) is 29.0 Å². The molecule has 2 N–H and O–H groups in total. The highest BCUT2D eigenvalue weighted by molar-refractivity contribution is 5.09. The molecule has 1 aromatic heterocycles. The molecule has 0 amide bonds. The first-order valence-electron chi connectivity index (χ1n) is 7.20. The average molecular weight is 267 g/mol. The summed E-state index contributed by atoms with van der Waals surface area (Å²) in [5.41, 5.74) is 7.80. The van der Waals surface area contributed by atoms with Crippen LogP contribution in [0.25, 0.3) is 0 Å². The molecule has 1 fully saturated rings. The lowest BCUT2D eigenvalue weighted by Crippen LogP contribution is -2.47. The molecule has 1 aliphatic rings. The Labute approximate surface area is 115 Å². The van der Waals surface area contributed by atoms with E-state index in [1.165, 1.54) is 0 Å². The molecule has 0 saturated carbocycles. The standard InChI is InChI=1S/C14H25N3O2/c1-3-12-8-13(17(4-2)16-12)9-19-14(10-15)6-5-7-18-11-14/h8H,3-7,9-11,15H2,1-2H3. The Balaban J connectivity index is 2.02. The average Bonchev–Trinajstić information content (AvgIpc) is 2.88. The summed E-state index contributed by atoms with van der Waals surface area (Å²) in [7, 11) is 0. The zero-order valence-electron chi connectivity index (χ0n) is 12.0. The first-order chi connectivity index (χ1) is 9.23. The van der Waals surface area contributed by atoms with Gasteiger partial charge in [-0.2, -0.15) is 5.10 Å². The Morgan fingerprint density at radius 3 is 2.95 bits per heavy atom. The third-order valence-electron chi connectivity index (χ3n) is 3.76. The van der Waals surface area contributed by atoms with Gasteiger partial charge in [-0.3, -0.25) is 4.68 Å². The summed E-state index contributed by atoms with van der Waals surface area (Å²) >= 11 is 0. The molecule has 19 heavy (non-hydrogen) atoms. The van der Waals surface area contributed by atoms with Gasteiger partial charge >= 0.3 is 0 Å². The number of aromatic nitrogens is 2. The first-order valence-corrected chi connectivity index (χ1v) is 7.20. The van der Waals surface area contributed by atoms with E-state index in [9.17, 15) is 0 Å². The van der Waals surface area contributed by atoms with Crippen LogP contribution >= 0.6 is 0 Å². The van der Waals surface area contributed by atoms with Crippen LogP contribution in [-0.4, -0.2) is 35.1 Å². The minimum Gasteiger partial charge on any atom is -0.378 e. The smallest absolute Gasteiger partial charge is 0.104 e. The predicted molar refractivity (Wildman–Crippen MR) is 73.9 cm³/mol. The second-order valence-corrected chi connectivity index (χ2v) is 5.13. The van der Waals surface area contributed by atoms with Crippen LogP contribution in [0.4, 0.5) is 0 Å². The second-order valence-electron chi connectivity index (χ2n) is 5.13. The molecule has 1 aliphatic heterocycles. The molecule has 108 valence electrons. The molecule has 0 radical (unpaired) electrons. The third kappa shape index (κ3) is 3.35. The summed E-state index contributed by atoms with van der Waals surface area (Å²) in [4.78, 5) is 0. The van der Waals surface area contributed by atoms with Gasteiger partial charge in [0.1, 0.15) is 5.60 Å². The zero-order chi connectivity index (χ0) is 13.7. The molecule has 0 aromatic carbocycles. The summed E-state index contributed by atoms with van der Waals surface area (Å²) < 4.78 is 13.6. The van der Waals surface area contributed by atoms with Gasteiger partial charge in [0.2, 0.25) is 0 Å². The van der Waals surface area contributed by atoms with Crippen LogP contribution in [0.2, 0.25) is 0 Å². The number of nitrogens with zero attached hydrogens (tertiary/aromatic N) is 2. The SMILES string of the molecule is CCc1cc(COC2(CN)CCCOC2)n(CC)n1. The van der Waals surface area contributed by atoms with Crippen molar-refractivity contribution in [2.45, 2.75) is 51.9 Å². The minimum atomic E-state index is -0.312. The van der Waals surface area contributed by atoms with Gasteiger partial charge in [-0.1, -0.05) is 6.92 Å². The normalized spacial score (nSPS) is 23.7. The summed E-state index contributed by atoms with van der Waals surface area (Å²) in [6.45, 7) is 7.56. The molecule has 2 heterocycles. The van der Waals surface area contributed by atoms with Crippen molar-refractivity contribution in [3.8, 4) is 0 Å². The molecular formula is C14H25N3O2. The van der Waals surface area contributed by atoms with E-state index >= 15 is 0 Å². The lowest BCUT2D eigenvalue weighted by molar-refractivity contribution is -0.131. The molecule has 0 bridgehead atoms. The van der Waals surface area contributed by atoms with Crippen LogP contribution in [0, 0.1) is 0 Å². The van der Waals surface area contributed by atoms with Gasteiger partial charge in [0.15, 0.2) is 0 Å². The molecule has 1 saturated heterocycles. The second kappa shape index (κ2) is 6.50. The van der Waals surface area contributed by atoms with E-state index in [2.05, 4.69) is 25.0 Å². The van der Waals surface area contributed by atoms with Crippen molar-refractivity contribution in [2.24, 2.45) is 5.73 Å². The number of rotatable bonds is 6. The molecule has 5 heteroatoms. The van der Waals surface area contributed by atoms with Crippen molar-refractivity contribution in [2.75, 3.05) is 19.8 Å². The van der Waals surface area contributed by atoms with E-state index in [4.69, 9.17) is 15.2 Å². The maximum Gasteiger partial charge on any atom is 0.104 e. The van der Waals surface area contributed by atoms with E-state index in [0.717, 1.165) is 43.8 Å². The van der Waals surface area contributed by atoms with E-state index in [-0.39, 0.29) is 5.60 Å². The van der Waals surface area contributed by atoms with Gasteiger partial charge in [0.05, 0.1) is 24.6 Å². The van der Waals surface area contributed by atoms with Gasteiger partial charge < -0.3 is 15.2 Å². The van der Waals surface area contributed by atoms with Crippen molar-refractivity contribution < 1.29 is 9.47 Å². The number of nitrogens with two attached hydrogens (primary N) is 1. The van der Waals surface area contributed by atoms with Gasteiger partial charge in [-0.15, -0.1) is 0 Å². The number of hydrogen-bond donors (Lipinski definition) is 1. The van der Waals surface area contributed by atoms with Crippen molar-refractivity contribution in [1.29, 1.82) is 0 Å². The molecule has 1 aromatic rings. The number of hydrogen-bond acceptors (Lipinski definition) is 4. The quantitative estimate of drug-likeness (QED) is 0.848. The highest BCUT2D eigenvalue weighted by Crippen LogP contribution is 2.24. The molecular weight excluding hydrogens is 242 g/mol. The Bertz CT molecular complexity index is 397. The lowest BCUT2D eigenvalue weighted by Gasteiger charge is -2.35. The van der Waals surface area contributed by atoms with E-state index in [1.807, 2.05) is 4.68 Å². The van der Waals surface area contributed by atoms with Crippen molar-refractivity contribution in [3.63, 3.8) is 0 Å². The predicted octanol–water partition coefficient (Wildman–Crippen LogP) is 1.49. The van der Waals surface area contributed by atoms with Crippen molar-refractivity contribution in [3.05, 3.63) is 17.5 Å². The highest BCUT2D eigenvalue weighted by Gasteiger charge is 2.32. The van der Waals surface area contributed by atoms with Gasteiger partial charge in [0, 0.05) is 19.7 Å². The Hall–Kier alpha value is -0.910. The van der Waals surface area contributed by atoms with Crippen LogP contribution < -0.4 is 5.73 Å². The highest BCUT2D eigenvalue weighted by atomic mass is 16.5. The fraction of sp³-hybridized carbons (Fsp3) is 0.786. The van der Waals surface area contributed by atoms with Crippen LogP contribution in [0.15, 0.2) is 6.07 Å². The number of aryl methyl sites for hydroxylation is 2. The van der Waals surface area contributed by atoms with Crippen LogP contribution in [0.5, 0.6) is 0 Å². The largest absolute Gasteiger partial charge is 0.378 e. The maximum absolute atomic E-state index is 6.10. The summed E-state index contributed by atoms with van der Waals surface area (Å²) in [5, 5.41) is 4.53. The van der Waals surface area contributed by atoms with E-state index in [0.29, 0.717) is 19.8 Å². The first kappa shape index (κ1) is 14.5. The third-order valence-corrected chi connectivity index (χ3v) is 3.76. The molecule has 2 rings (SSSR count). The van der Waals surface area contributed by atoms with Gasteiger partial charge in [-0.25, -0.2) is 0 Å². The molecule has 0 spiro atoms. The fourth-order valence-electron chi connectivity index (χ4n) is 2.47. The fourth-order valence-corrected chi connectivity index (χ4v) is 2.47. The van der Waals surface area contributed by atoms with Gasteiger partial charge in [0.25, 0.3) is 0 Å². The van der Waals surface area contributed by atoms with E-state index in [1.54, 1.807) is 0 Å². The number of ether oxygens (including phenoxy) is 2. The maximum atomic E-state index is 6.10.